The average molecular weight is 393 g/mol. The SMILES string of the molecule is Nc1cccc(S(=O)(=O)N[C@H]2CC[C@@H](N3CCN(CC4CC4)CC3)CC2)c1. The number of rotatable bonds is 6. The summed E-state index contributed by atoms with van der Waals surface area (Å²) in [5, 5.41) is 0. The van der Waals surface area contributed by atoms with Crippen molar-refractivity contribution in [3.8, 4) is 0 Å². The van der Waals surface area contributed by atoms with Crippen LogP contribution in [0.2, 0.25) is 0 Å². The van der Waals surface area contributed by atoms with Gasteiger partial charge >= 0.3 is 0 Å². The predicted molar refractivity (Wildman–Crippen MR) is 108 cm³/mol. The number of nitrogens with one attached hydrogen (secondary N) is 1. The van der Waals surface area contributed by atoms with Gasteiger partial charge in [-0.3, -0.25) is 4.90 Å². The minimum absolute atomic E-state index is 0.0313. The van der Waals surface area contributed by atoms with E-state index in [9.17, 15) is 8.42 Å². The second-order valence-corrected chi connectivity index (χ2v) is 10.2. The third kappa shape index (κ3) is 5.02. The number of piperazine rings is 1. The molecule has 0 spiro atoms. The molecule has 150 valence electrons. The highest BCUT2D eigenvalue weighted by Gasteiger charge is 2.31. The van der Waals surface area contributed by atoms with E-state index in [4.69, 9.17) is 5.73 Å². The molecule has 4 rings (SSSR count). The van der Waals surface area contributed by atoms with Crippen molar-refractivity contribution in [1.82, 2.24) is 14.5 Å². The van der Waals surface area contributed by atoms with Crippen LogP contribution in [0.5, 0.6) is 0 Å². The Morgan fingerprint density at radius 2 is 1.70 bits per heavy atom. The van der Waals surface area contributed by atoms with Gasteiger partial charge in [0.25, 0.3) is 0 Å². The Morgan fingerprint density at radius 1 is 1.00 bits per heavy atom. The number of nitrogens with zero attached hydrogens (tertiary/aromatic N) is 2. The van der Waals surface area contributed by atoms with Gasteiger partial charge in [-0.05, 0) is 62.6 Å². The first kappa shape index (κ1) is 19.2. The summed E-state index contributed by atoms with van der Waals surface area (Å²) in [6, 6.07) is 7.16. The molecule has 0 bridgehead atoms. The minimum Gasteiger partial charge on any atom is -0.399 e. The summed E-state index contributed by atoms with van der Waals surface area (Å²) < 4.78 is 28.1. The van der Waals surface area contributed by atoms with Crippen LogP contribution in [-0.2, 0) is 10.0 Å². The van der Waals surface area contributed by atoms with Crippen LogP contribution in [-0.4, -0.2) is 63.0 Å². The number of nitrogen functional groups attached to an aromatic ring is 1. The van der Waals surface area contributed by atoms with Crippen LogP contribution in [0.15, 0.2) is 29.2 Å². The smallest absolute Gasteiger partial charge is 0.240 e. The van der Waals surface area contributed by atoms with Crippen LogP contribution in [0.3, 0.4) is 0 Å². The van der Waals surface area contributed by atoms with Crippen LogP contribution in [0.4, 0.5) is 5.69 Å². The van der Waals surface area contributed by atoms with Crippen molar-refractivity contribution in [3.63, 3.8) is 0 Å². The third-order valence-corrected chi connectivity index (χ3v) is 7.84. The Labute approximate surface area is 163 Å². The van der Waals surface area contributed by atoms with Crippen LogP contribution < -0.4 is 10.5 Å². The molecule has 6 nitrogen and oxygen atoms in total. The molecule has 1 aromatic carbocycles. The summed E-state index contributed by atoms with van der Waals surface area (Å²) in [7, 11) is -3.49. The van der Waals surface area contributed by atoms with Crippen molar-refractivity contribution >= 4 is 15.7 Å². The van der Waals surface area contributed by atoms with Gasteiger partial charge in [-0.15, -0.1) is 0 Å². The Bertz CT molecular complexity index is 734. The van der Waals surface area contributed by atoms with Gasteiger partial charge in [-0.2, -0.15) is 0 Å². The maximum Gasteiger partial charge on any atom is 0.240 e. The lowest BCUT2D eigenvalue weighted by molar-refractivity contribution is 0.0734. The van der Waals surface area contributed by atoms with Gasteiger partial charge in [0.15, 0.2) is 0 Å². The van der Waals surface area contributed by atoms with Gasteiger partial charge in [-0.1, -0.05) is 6.07 Å². The zero-order valence-electron chi connectivity index (χ0n) is 16.0. The third-order valence-electron chi connectivity index (χ3n) is 6.32. The molecule has 27 heavy (non-hydrogen) atoms. The van der Waals surface area contributed by atoms with E-state index in [-0.39, 0.29) is 10.9 Å². The highest BCUT2D eigenvalue weighted by Crippen LogP contribution is 2.30. The monoisotopic (exact) mass is 392 g/mol. The molecule has 1 aliphatic heterocycles. The van der Waals surface area contributed by atoms with Crippen molar-refractivity contribution in [2.45, 2.75) is 55.5 Å². The van der Waals surface area contributed by atoms with E-state index in [1.165, 1.54) is 38.5 Å². The van der Waals surface area contributed by atoms with E-state index in [1.54, 1.807) is 18.2 Å². The number of anilines is 1. The van der Waals surface area contributed by atoms with E-state index >= 15 is 0 Å². The fraction of sp³-hybridized carbons (Fsp3) is 0.700. The zero-order chi connectivity index (χ0) is 18.9. The van der Waals surface area contributed by atoms with Crippen LogP contribution in [0.25, 0.3) is 0 Å². The summed E-state index contributed by atoms with van der Waals surface area (Å²) in [5.41, 5.74) is 6.20. The highest BCUT2D eigenvalue weighted by atomic mass is 32.2. The number of hydrogen-bond acceptors (Lipinski definition) is 5. The van der Waals surface area contributed by atoms with Crippen LogP contribution >= 0.6 is 0 Å². The topological polar surface area (TPSA) is 78.7 Å². The average Bonchev–Trinajstić information content (AvgIpc) is 3.47. The van der Waals surface area contributed by atoms with E-state index in [0.717, 1.165) is 44.7 Å². The standard InChI is InChI=1S/C20H32N4O2S/c21-17-2-1-3-20(14-17)27(25,26)22-18-6-8-19(9-7-18)24-12-10-23(11-13-24)15-16-4-5-16/h1-3,14,16,18-19,22H,4-13,15,21H2/t18-,19+. The first-order valence-electron chi connectivity index (χ1n) is 10.3. The van der Waals surface area contributed by atoms with E-state index in [2.05, 4.69) is 14.5 Å². The number of benzene rings is 1. The summed E-state index contributed by atoms with van der Waals surface area (Å²) in [6.07, 6.45) is 6.83. The first-order chi connectivity index (χ1) is 13.0. The molecule has 2 saturated carbocycles. The molecule has 3 aliphatic rings. The van der Waals surface area contributed by atoms with Crippen LogP contribution in [0.1, 0.15) is 38.5 Å². The predicted octanol–water partition coefficient (Wildman–Crippen LogP) is 1.89. The lowest BCUT2D eigenvalue weighted by Gasteiger charge is -2.42. The van der Waals surface area contributed by atoms with Crippen molar-refractivity contribution in [3.05, 3.63) is 24.3 Å². The van der Waals surface area contributed by atoms with Gasteiger partial charge in [0.1, 0.15) is 0 Å². The second kappa shape index (κ2) is 8.07. The lowest BCUT2D eigenvalue weighted by Crippen LogP contribution is -2.52. The van der Waals surface area contributed by atoms with Crippen LogP contribution in [0, 0.1) is 5.92 Å². The van der Waals surface area contributed by atoms with Crippen molar-refractivity contribution in [2.24, 2.45) is 5.92 Å². The Kier molecular flexibility index (Phi) is 5.73. The lowest BCUT2D eigenvalue weighted by atomic mass is 9.90. The normalized spacial score (nSPS) is 28.3. The van der Waals surface area contributed by atoms with E-state index in [0.29, 0.717) is 11.7 Å². The molecule has 2 aliphatic carbocycles. The fourth-order valence-electron chi connectivity index (χ4n) is 4.50. The molecule has 1 heterocycles. The Hall–Kier alpha value is -1.15. The molecule has 1 aromatic rings. The van der Waals surface area contributed by atoms with E-state index in [1.807, 2.05) is 0 Å². The molecule has 3 fully saturated rings. The molecular formula is C20H32N4O2S. The maximum atomic E-state index is 12.6. The largest absolute Gasteiger partial charge is 0.399 e. The molecule has 0 aromatic heterocycles. The van der Waals surface area contributed by atoms with E-state index < -0.39 is 10.0 Å². The Balaban J connectivity index is 1.24. The second-order valence-electron chi connectivity index (χ2n) is 8.48. The number of sulfonamides is 1. The molecule has 0 radical (unpaired) electrons. The van der Waals surface area contributed by atoms with Gasteiger partial charge < -0.3 is 10.6 Å². The molecular weight excluding hydrogens is 360 g/mol. The summed E-state index contributed by atoms with van der Waals surface area (Å²) in [4.78, 5) is 5.52. The molecule has 3 N–H and O–H groups in total. The quantitative estimate of drug-likeness (QED) is 0.723. The zero-order valence-corrected chi connectivity index (χ0v) is 16.8. The summed E-state index contributed by atoms with van der Waals surface area (Å²) in [6.45, 7) is 6.01. The van der Waals surface area contributed by atoms with Crippen molar-refractivity contribution < 1.29 is 8.42 Å². The van der Waals surface area contributed by atoms with Crippen molar-refractivity contribution in [2.75, 3.05) is 38.5 Å². The maximum absolute atomic E-state index is 12.6. The highest BCUT2D eigenvalue weighted by molar-refractivity contribution is 7.89. The fourth-order valence-corrected chi connectivity index (χ4v) is 5.86. The number of nitrogens with two attached hydrogens (primary N) is 1. The molecule has 0 atom stereocenters. The molecule has 0 amide bonds. The van der Waals surface area contributed by atoms with Gasteiger partial charge in [0.05, 0.1) is 4.90 Å². The minimum atomic E-state index is -3.49. The first-order valence-corrected chi connectivity index (χ1v) is 11.8. The molecule has 1 saturated heterocycles. The van der Waals surface area contributed by atoms with Crippen molar-refractivity contribution in [1.29, 1.82) is 0 Å². The van der Waals surface area contributed by atoms with Gasteiger partial charge in [0, 0.05) is 50.5 Å². The summed E-state index contributed by atoms with van der Waals surface area (Å²) >= 11 is 0. The summed E-state index contributed by atoms with van der Waals surface area (Å²) in [5.74, 6) is 0.972. The van der Waals surface area contributed by atoms with Gasteiger partial charge in [-0.25, -0.2) is 13.1 Å². The number of hydrogen-bond donors (Lipinski definition) is 2. The molecule has 7 heteroatoms. The molecule has 0 unspecified atom stereocenters. The Morgan fingerprint density at radius 3 is 2.33 bits per heavy atom. The van der Waals surface area contributed by atoms with Gasteiger partial charge in [0.2, 0.25) is 10.0 Å².